The molecule has 0 aromatic rings. The molecule has 0 aliphatic rings. The molecule has 0 aliphatic heterocycles. The van der Waals surface area contributed by atoms with E-state index in [4.69, 9.17) is 5.11 Å². The van der Waals surface area contributed by atoms with E-state index in [0.29, 0.717) is 6.42 Å². The number of aliphatic carboxylic acids is 1. The van der Waals surface area contributed by atoms with Crippen LogP contribution in [0, 0.1) is 0 Å². The van der Waals surface area contributed by atoms with E-state index >= 15 is 0 Å². The summed E-state index contributed by atoms with van der Waals surface area (Å²) in [5.41, 5.74) is 0. The van der Waals surface area contributed by atoms with Gasteiger partial charge in [0.05, 0.1) is 0 Å². The summed E-state index contributed by atoms with van der Waals surface area (Å²) in [4.78, 5) is 9.76. The van der Waals surface area contributed by atoms with Crippen LogP contribution in [0.1, 0.15) is 26.2 Å². The zero-order chi connectivity index (χ0) is 5.70. The van der Waals surface area contributed by atoms with E-state index in [0.717, 1.165) is 12.8 Å². The predicted molar refractivity (Wildman–Crippen MR) is 27.2 cm³/mol. The monoisotopic (exact) mass is 192 g/mol. The second-order valence-electron chi connectivity index (χ2n) is 1.50. The van der Waals surface area contributed by atoms with E-state index in [-0.39, 0.29) is 26.2 Å². The van der Waals surface area contributed by atoms with Crippen molar-refractivity contribution in [2.45, 2.75) is 26.2 Å². The summed E-state index contributed by atoms with van der Waals surface area (Å²) in [6, 6.07) is 0. The van der Waals surface area contributed by atoms with Crippen LogP contribution in [0.3, 0.4) is 0 Å². The first kappa shape index (κ1) is 11.2. The third-order valence-electron chi connectivity index (χ3n) is 0.744. The van der Waals surface area contributed by atoms with Gasteiger partial charge in [-0.25, -0.2) is 0 Å². The molecule has 0 amide bonds. The molecule has 0 bridgehead atoms. The molecule has 0 fully saturated rings. The van der Waals surface area contributed by atoms with Gasteiger partial charge in [-0.15, -0.1) is 0 Å². The molecule has 0 spiro atoms. The van der Waals surface area contributed by atoms with Gasteiger partial charge in [0.1, 0.15) is 0 Å². The number of carboxylic acid groups (broad SMARTS) is 1. The Bertz CT molecular complexity index is 63.4. The van der Waals surface area contributed by atoms with Crippen LogP contribution in [-0.2, 0) is 31.0 Å². The Kier molecular flexibility index (Phi) is 10.3. The van der Waals surface area contributed by atoms with Crippen molar-refractivity contribution in [1.29, 1.82) is 0 Å². The van der Waals surface area contributed by atoms with Crippen LogP contribution >= 0.6 is 0 Å². The van der Waals surface area contributed by atoms with Gasteiger partial charge < -0.3 is 5.11 Å². The Hall–Kier alpha value is 0.353. The summed E-state index contributed by atoms with van der Waals surface area (Å²) in [7, 11) is 0. The van der Waals surface area contributed by atoms with Crippen molar-refractivity contribution in [3.8, 4) is 0 Å². The second-order valence-corrected chi connectivity index (χ2v) is 1.50. The number of unbranched alkanes of at least 4 members (excludes halogenated alkanes) is 1. The largest absolute Gasteiger partial charge is 0.481 e. The maximum atomic E-state index is 9.76. The van der Waals surface area contributed by atoms with Crippen LogP contribution in [0.15, 0.2) is 0 Å². The van der Waals surface area contributed by atoms with Crippen molar-refractivity contribution in [3.05, 3.63) is 0 Å². The van der Waals surface area contributed by atoms with E-state index in [2.05, 4.69) is 0 Å². The van der Waals surface area contributed by atoms with Crippen molar-refractivity contribution in [3.63, 3.8) is 0 Å². The predicted octanol–water partition coefficient (Wildman–Crippen LogP) is 1.26. The summed E-state index contributed by atoms with van der Waals surface area (Å²) < 4.78 is 0. The second kappa shape index (κ2) is 7.35. The number of hydrogen-bond donors (Lipinski definition) is 1. The summed E-state index contributed by atoms with van der Waals surface area (Å²) in [6.45, 7) is 1.98. The topological polar surface area (TPSA) is 37.3 Å². The fourth-order valence-corrected chi connectivity index (χ4v) is 0.328. The first-order chi connectivity index (χ1) is 3.27. The number of carboxylic acids is 1. The minimum atomic E-state index is -0.693. The van der Waals surface area contributed by atoms with Crippen molar-refractivity contribution in [1.82, 2.24) is 0 Å². The summed E-state index contributed by atoms with van der Waals surface area (Å²) in [5.74, 6) is -0.693. The van der Waals surface area contributed by atoms with Crippen molar-refractivity contribution in [2.75, 3.05) is 0 Å². The number of rotatable bonds is 3. The molecule has 46 valence electrons. The number of carbonyl (C=O) groups is 1. The van der Waals surface area contributed by atoms with E-state index in [9.17, 15) is 4.79 Å². The molecule has 0 rings (SSSR count). The molecule has 0 saturated carbocycles. The summed E-state index contributed by atoms with van der Waals surface area (Å²) in [5, 5.41) is 8.04. The molecular formula is C5H10O2Zr. The van der Waals surface area contributed by atoms with Gasteiger partial charge in [-0.1, -0.05) is 13.3 Å². The van der Waals surface area contributed by atoms with Gasteiger partial charge in [-0.05, 0) is 6.42 Å². The minimum Gasteiger partial charge on any atom is -0.481 e. The van der Waals surface area contributed by atoms with Crippen LogP contribution in [0.4, 0.5) is 0 Å². The SMILES string of the molecule is CCCCC(=O)O.[Zr]. The molecule has 0 atom stereocenters. The Morgan fingerprint density at radius 1 is 1.62 bits per heavy atom. The smallest absolute Gasteiger partial charge is 0.303 e. The average Bonchev–Trinajstić information content (AvgIpc) is 1.61. The molecule has 2 nitrogen and oxygen atoms in total. The quantitative estimate of drug-likeness (QED) is 0.732. The minimum absolute atomic E-state index is 0. The fraction of sp³-hybridized carbons (Fsp3) is 0.800. The van der Waals surface area contributed by atoms with E-state index in [1.54, 1.807) is 0 Å². The van der Waals surface area contributed by atoms with Crippen LogP contribution in [0.5, 0.6) is 0 Å². The molecule has 8 heavy (non-hydrogen) atoms. The van der Waals surface area contributed by atoms with E-state index in [1.807, 2.05) is 6.92 Å². The van der Waals surface area contributed by atoms with Gasteiger partial charge in [0.2, 0.25) is 0 Å². The molecule has 0 saturated heterocycles. The molecular weight excluding hydrogens is 183 g/mol. The molecule has 0 aromatic heterocycles. The van der Waals surface area contributed by atoms with Gasteiger partial charge in [0, 0.05) is 32.6 Å². The normalized spacial score (nSPS) is 7.62. The maximum absolute atomic E-state index is 9.76. The van der Waals surface area contributed by atoms with Gasteiger partial charge in [0.15, 0.2) is 0 Å². The third kappa shape index (κ3) is 9.61. The Balaban J connectivity index is 0. The van der Waals surface area contributed by atoms with Gasteiger partial charge >= 0.3 is 5.97 Å². The third-order valence-corrected chi connectivity index (χ3v) is 0.744. The summed E-state index contributed by atoms with van der Waals surface area (Å²) >= 11 is 0. The average molecular weight is 193 g/mol. The molecule has 0 heterocycles. The van der Waals surface area contributed by atoms with Crippen LogP contribution < -0.4 is 0 Å². The van der Waals surface area contributed by atoms with Crippen LogP contribution in [0.25, 0.3) is 0 Å². The molecule has 3 heteroatoms. The summed E-state index contributed by atoms with van der Waals surface area (Å²) in [6.07, 6.45) is 2.08. The Labute approximate surface area is 68.4 Å². The van der Waals surface area contributed by atoms with Crippen LogP contribution in [-0.4, -0.2) is 11.1 Å². The van der Waals surface area contributed by atoms with Crippen LogP contribution in [0.2, 0.25) is 0 Å². The molecule has 0 radical (unpaired) electrons. The zero-order valence-corrected chi connectivity index (χ0v) is 7.43. The van der Waals surface area contributed by atoms with Gasteiger partial charge in [-0.2, -0.15) is 0 Å². The zero-order valence-electron chi connectivity index (χ0n) is 4.98. The Morgan fingerprint density at radius 3 is 2.25 bits per heavy atom. The molecule has 0 unspecified atom stereocenters. The molecule has 0 aromatic carbocycles. The maximum Gasteiger partial charge on any atom is 0.303 e. The van der Waals surface area contributed by atoms with Gasteiger partial charge in [0.25, 0.3) is 0 Å². The first-order valence-electron chi connectivity index (χ1n) is 2.49. The van der Waals surface area contributed by atoms with E-state index in [1.165, 1.54) is 0 Å². The molecule has 1 N–H and O–H groups in total. The van der Waals surface area contributed by atoms with Gasteiger partial charge in [-0.3, -0.25) is 4.79 Å². The standard InChI is InChI=1S/C5H10O2.Zr/c1-2-3-4-5(6)7;/h2-4H2,1H3,(H,6,7);. The first-order valence-corrected chi connectivity index (χ1v) is 2.49. The fourth-order valence-electron chi connectivity index (χ4n) is 0.328. The molecule has 0 aliphatic carbocycles. The van der Waals surface area contributed by atoms with Crippen molar-refractivity contribution >= 4 is 5.97 Å². The van der Waals surface area contributed by atoms with Crippen molar-refractivity contribution < 1.29 is 36.1 Å². The Morgan fingerprint density at radius 2 is 2.12 bits per heavy atom. The van der Waals surface area contributed by atoms with Crippen molar-refractivity contribution in [2.24, 2.45) is 0 Å². The van der Waals surface area contributed by atoms with E-state index < -0.39 is 5.97 Å². The number of hydrogen-bond acceptors (Lipinski definition) is 1.